The highest BCUT2D eigenvalue weighted by atomic mass is 32.2. The van der Waals surface area contributed by atoms with Crippen LogP contribution in [0.15, 0.2) is 0 Å². The van der Waals surface area contributed by atoms with E-state index in [-0.39, 0.29) is 22.7 Å². The summed E-state index contributed by atoms with van der Waals surface area (Å²) in [6.45, 7) is 7.38. The van der Waals surface area contributed by atoms with E-state index in [9.17, 15) is 9.59 Å². The zero-order valence-electron chi connectivity index (χ0n) is 13.3. The van der Waals surface area contributed by atoms with Gasteiger partial charge in [-0.15, -0.1) is 11.8 Å². The van der Waals surface area contributed by atoms with Gasteiger partial charge in [0.2, 0.25) is 11.8 Å². The molecule has 0 radical (unpaired) electrons. The monoisotopic (exact) mass is 310 g/mol. The Labute approximate surface area is 131 Å². The minimum Gasteiger partial charge on any atom is -0.338 e. The van der Waals surface area contributed by atoms with Crippen LogP contribution in [0.2, 0.25) is 0 Å². The fourth-order valence-electron chi connectivity index (χ4n) is 4.12. The van der Waals surface area contributed by atoms with E-state index in [2.05, 4.69) is 25.7 Å². The lowest BCUT2D eigenvalue weighted by molar-refractivity contribution is -0.147. The third kappa shape index (κ3) is 2.47. The summed E-state index contributed by atoms with van der Waals surface area (Å²) in [5.41, 5.74) is 0. The second-order valence-electron chi connectivity index (χ2n) is 7.10. The first-order chi connectivity index (χ1) is 9.94. The quantitative estimate of drug-likeness (QED) is 0.787. The van der Waals surface area contributed by atoms with Crippen LogP contribution in [-0.4, -0.2) is 50.9 Å². The predicted molar refractivity (Wildman–Crippen MR) is 84.9 cm³/mol. The van der Waals surface area contributed by atoms with Gasteiger partial charge in [-0.05, 0) is 38.5 Å². The van der Waals surface area contributed by atoms with E-state index in [0.717, 1.165) is 31.6 Å². The van der Waals surface area contributed by atoms with Crippen LogP contribution in [0.1, 0.15) is 52.9 Å². The van der Waals surface area contributed by atoms with E-state index in [1.807, 2.05) is 4.90 Å². The Morgan fingerprint density at radius 1 is 1.38 bits per heavy atom. The van der Waals surface area contributed by atoms with Gasteiger partial charge in [0.15, 0.2) is 0 Å². The maximum Gasteiger partial charge on any atom is 0.246 e. The zero-order valence-corrected chi connectivity index (χ0v) is 14.1. The maximum absolute atomic E-state index is 13.1. The molecule has 0 saturated carbocycles. The Hall–Kier alpha value is -0.710. The lowest BCUT2D eigenvalue weighted by Crippen LogP contribution is -2.56. The van der Waals surface area contributed by atoms with Crippen LogP contribution in [0.3, 0.4) is 0 Å². The molecule has 3 atom stereocenters. The number of hydrogen-bond donors (Lipinski definition) is 0. The second-order valence-corrected chi connectivity index (χ2v) is 8.61. The van der Waals surface area contributed by atoms with Gasteiger partial charge in [0.05, 0.1) is 4.87 Å². The second kappa shape index (κ2) is 5.49. The van der Waals surface area contributed by atoms with Crippen molar-refractivity contribution in [3.05, 3.63) is 0 Å². The van der Waals surface area contributed by atoms with Crippen LogP contribution in [0.5, 0.6) is 0 Å². The maximum atomic E-state index is 13.1. The number of amides is 2. The van der Waals surface area contributed by atoms with Gasteiger partial charge in [-0.2, -0.15) is 0 Å². The van der Waals surface area contributed by atoms with Crippen molar-refractivity contribution in [2.75, 3.05) is 12.3 Å². The Balaban J connectivity index is 1.80. The minimum atomic E-state index is -0.227. The number of rotatable bonds is 2. The molecular formula is C16H26N2O2S. The van der Waals surface area contributed by atoms with Gasteiger partial charge in [-0.3, -0.25) is 9.59 Å². The molecule has 0 N–H and O–H groups in total. The number of thioether (sulfide) groups is 1. The number of hydrogen-bond acceptors (Lipinski definition) is 3. The van der Waals surface area contributed by atoms with Crippen molar-refractivity contribution in [3.8, 4) is 0 Å². The van der Waals surface area contributed by atoms with Crippen molar-refractivity contribution in [3.63, 3.8) is 0 Å². The Kier molecular flexibility index (Phi) is 3.97. The number of nitrogens with zero attached hydrogens (tertiary/aromatic N) is 2. The summed E-state index contributed by atoms with van der Waals surface area (Å²) in [6, 6.07) is 0.121. The van der Waals surface area contributed by atoms with Gasteiger partial charge in [0.25, 0.3) is 0 Å². The molecule has 3 unspecified atom stereocenters. The molecule has 0 spiro atoms. The molecule has 5 heteroatoms. The molecule has 0 aliphatic carbocycles. The van der Waals surface area contributed by atoms with Crippen LogP contribution in [0.25, 0.3) is 0 Å². The van der Waals surface area contributed by atoms with E-state index in [4.69, 9.17) is 0 Å². The van der Waals surface area contributed by atoms with Crippen LogP contribution in [-0.2, 0) is 9.59 Å². The Morgan fingerprint density at radius 3 is 2.86 bits per heavy atom. The number of carbonyl (C=O) groups excluding carboxylic acids is 2. The standard InChI is InChI=1S/C16H26N2O2S/c1-11(2)12-6-4-5-9-17(12)15(20)13-10-21-16(3)8-7-14(19)18(13)16/h11-13H,4-10H2,1-3H3. The van der Waals surface area contributed by atoms with E-state index in [1.165, 1.54) is 6.42 Å². The molecule has 2 amide bonds. The molecule has 0 aromatic heterocycles. The smallest absolute Gasteiger partial charge is 0.246 e. The lowest BCUT2D eigenvalue weighted by Gasteiger charge is -2.41. The number of carbonyl (C=O) groups is 2. The van der Waals surface area contributed by atoms with E-state index < -0.39 is 0 Å². The van der Waals surface area contributed by atoms with Crippen LogP contribution >= 0.6 is 11.8 Å². The van der Waals surface area contributed by atoms with Crippen molar-refractivity contribution < 1.29 is 9.59 Å². The number of fused-ring (bicyclic) bond motifs is 1. The summed E-state index contributed by atoms with van der Waals surface area (Å²) in [5, 5.41) is 0. The molecule has 4 nitrogen and oxygen atoms in total. The summed E-state index contributed by atoms with van der Waals surface area (Å²) < 4.78 is 0. The van der Waals surface area contributed by atoms with E-state index >= 15 is 0 Å². The molecule has 3 aliphatic rings. The molecule has 3 rings (SSSR count). The number of piperidine rings is 1. The van der Waals surface area contributed by atoms with Crippen LogP contribution in [0, 0.1) is 5.92 Å². The van der Waals surface area contributed by atoms with Gasteiger partial charge >= 0.3 is 0 Å². The van der Waals surface area contributed by atoms with E-state index in [1.54, 1.807) is 11.8 Å². The molecule has 118 valence electrons. The fraction of sp³-hybridized carbons (Fsp3) is 0.875. The summed E-state index contributed by atoms with van der Waals surface area (Å²) in [6.07, 6.45) is 4.90. The summed E-state index contributed by atoms with van der Waals surface area (Å²) >= 11 is 1.79. The van der Waals surface area contributed by atoms with Crippen molar-refractivity contribution in [1.29, 1.82) is 0 Å². The molecule has 0 aromatic carbocycles. The van der Waals surface area contributed by atoms with Crippen LogP contribution in [0.4, 0.5) is 0 Å². The van der Waals surface area contributed by atoms with Crippen molar-refractivity contribution in [1.82, 2.24) is 9.80 Å². The van der Waals surface area contributed by atoms with Gasteiger partial charge in [0, 0.05) is 24.8 Å². The molecule has 21 heavy (non-hydrogen) atoms. The normalized spacial score (nSPS) is 36.5. The molecule has 3 fully saturated rings. The highest BCUT2D eigenvalue weighted by Gasteiger charge is 2.54. The molecule has 0 aromatic rings. The minimum absolute atomic E-state index is 0.138. The molecule has 3 aliphatic heterocycles. The van der Waals surface area contributed by atoms with Gasteiger partial charge in [0.1, 0.15) is 6.04 Å². The molecule has 3 saturated heterocycles. The molecular weight excluding hydrogens is 284 g/mol. The van der Waals surface area contributed by atoms with Gasteiger partial charge in [-0.1, -0.05) is 13.8 Å². The highest BCUT2D eigenvalue weighted by molar-refractivity contribution is 8.01. The highest BCUT2D eigenvalue weighted by Crippen LogP contribution is 2.47. The number of likely N-dealkylation sites (tertiary alicyclic amines) is 1. The van der Waals surface area contributed by atoms with Gasteiger partial charge in [-0.25, -0.2) is 0 Å². The summed E-state index contributed by atoms with van der Waals surface area (Å²) in [5.74, 6) is 1.62. The SMILES string of the molecule is CC(C)C1CCCCN1C(=O)C1CSC2(C)CCC(=O)N12. The van der Waals surface area contributed by atoms with Crippen LogP contribution < -0.4 is 0 Å². The average molecular weight is 310 g/mol. The average Bonchev–Trinajstić information content (AvgIpc) is 2.95. The summed E-state index contributed by atoms with van der Waals surface area (Å²) in [4.78, 5) is 29.1. The summed E-state index contributed by atoms with van der Waals surface area (Å²) in [7, 11) is 0. The zero-order chi connectivity index (χ0) is 15.2. The largest absolute Gasteiger partial charge is 0.338 e. The predicted octanol–water partition coefficient (Wildman–Crippen LogP) is 2.48. The lowest BCUT2D eigenvalue weighted by atomic mass is 9.92. The third-order valence-electron chi connectivity index (χ3n) is 5.33. The first kappa shape index (κ1) is 15.2. The topological polar surface area (TPSA) is 40.6 Å². The molecule has 0 bridgehead atoms. The third-order valence-corrected chi connectivity index (χ3v) is 6.84. The Morgan fingerprint density at radius 2 is 2.14 bits per heavy atom. The van der Waals surface area contributed by atoms with Crippen molar-refractivity contribution in [2.45, 2.75) is 69.8 Å². The fourth-order valence-corrected chi connectivity index (χ4v) is 5.54. The van der Waals surface area contributed by atoms with Crippen molar-refractivity contribution in [2.24, 2.45) is 5.92 Å². The first-order valence-electron chi connectivity index (χ1n) is 8.20. The van der Waals surface area contributed by atoms with E-state index in [0.29, 0.717) is 18.4 Å². The first-order valence-corrected chi connectivity index (χ1v) is 9.19. The van der Waals surface area contributed by atoms with Crippen molar-refractivity contribution >= 4 is 23.6 Å². The Bertz CT molecular complexity index is 454. The van der Waals surface area contributed by atoms with Gasteiger partial charge < -0.3 is 9.80 Å². The molecule has 3 heterocycles.